The number of hydrogen-bond acceptors (Lipinski definition) is 6. The van der Waals surface area contributed by atoms with E-state index in [4.69, 9.17) is 9.47 Å². The minimum absolute atomic E-state index is 0.240. The number of nitrogens with one attached hydrogen (secondary N) is 1. The third-order valence-corrected chi connectivity index (χ3v) is 5.70. The zero-order chi connectivity index (χ0) is 18.7. The van der Waals surface area contributed by atoms with Crippen LogP contribution in [0.3, 0.4) is 0 Å². The zero-order valence-electron chi connectivity index (χ0n) is 13.2. The Morgan fingerprint density at radius 2 is 1.81 bits per heavy atom. The Balaban J connectivity index is 1.64. The lowest BCUT2D eigenvalue weighted by molar-refractivity contribution is -0.116. The Bertz CT molecular complexity index is 950. The summed E-state index contributed by atoms with van der Waals surface area (Å²) in [5.74, 6) is -2.05. The molecule has 0 radical (unpaired) electrons. The van der Waals surface area contributed by atoms with Crippen LogP contribution in [-0.2, 0) is 14.8 Å². The summed E-state index contributed by atoms with van der Waals surface area (Å²) in [6.45, 7) is 0.870. The Morgan fingerprint density at radius 1 is 1.08 bits per heavy atom. The highest BCUT2D eigenvalue weighted by Gasteiger charge is 2.22. The topological polar surface area (TPSA) is 81.7 Å². The van der Waals surface area contributed by atoms with Gasteiger partial charge in [0.15, 0.2) is 11.5 Å². The van der Waals surface area contributed by atoms with Gasteiger partial charge >= 0.3 is 0 Å². The molecule has 138 valence electrons. The van der Waals surface area contributed by atoms with Gasteiger partial charge < -0.3 is 9.47 Å². The zero-order valence-corrected chi connectivity index (χ0v) is 14.8. The number of thioether (sulfide) groups is 1. The average molecular weight is 401 g/mol. The van der Waals surface area contributed by atoms with E-state index in [1.165, 1.54) is 0 Å². The number of sulfonamides is 1. The van der Waals surface area contributed by atoms with Gasteiger partial charge in [0.05, 0.1) is 5.75 Å². The van der Waals surface area contributed by atoms with Crippen LogP contribution >= 0.6 is 11.8 Å². The number of benzene rings is 2. The first-order valence-electron chi connectivity index (χ1n) is 7.38. The van der Waals surface area contributed by atoms with Crippen LogP contribution in [0.4, 0.5) is 8.78 Å². The molecular weight excluding hydrogens is 388 g/mol. The van der Waals surface area contributed by atoms with Gasteiger partial charge in [-0.25, -0.2) is 21.9 Å². The Hall–Kier alpha value is -2.33. The Morgan fingerprint density at radius 3 is 2.58 bits per heavy atom. The predicted molar refractivity (Wildman–Crippen MR) is 89.8 cm³/mol. The molecule has 26 heavy (non-hydrogen) atoms. The van der Waals surface area contributed by atoms with Crippen LogP contribution in [0.15, 0.2) is 46.2 Å². The third kappa shape index (κ3) is 4.25. The van der Waals surface area contributed by atoms with Crippen LogP contribution in [0.25, 0.3) is 0 Å². The second kappa shape index (κ2) is 7.50. The van der Waals surface area contributed by atoms with Gasteiger partial charge in [0, 0.05) is 4.90 Å². The molecule has 0 aromatic heterocycles. The number of rotatable bonds is 5. The van der Waals surface area contributed by atoms with E-state index in [0.29, 0.717) is 41.7 Å². The van der Waals surface area contributed by atoms with Crippen molar-refractivity contribution in [2.45, 2.75) is 9.79 Å². The molecule has 0 atom stereocenters. The van der Waals surface area contributed by atoms with Crippen LogP contribution in [0.2, 0.25) is 0 Å². The van der Waals surface area contributed by atoms with Gasteiger partial charge in [0.25, 0.3) is 10.0 Å². The quantitative estimate of drug-likeness (QED) is 0.775. The van der Waals surface area contributed by atoms with Crippen molar-refractivity contribution < 1.29 is 31.5 Å². The highest BCUT2D eigenvalue weighted by atomic mass is 32.2. The van der Waals surface area contributed by atoms with Crippen LogP contribution in [-0.4, -0.2) is 33.3 Å². The highest BCUT2D eigenvalue weighted by molar-refractivity contribution is 8.00. The fourth-order valence-electron chi connectivity index (χ4n) is 2.18. The molecule has 0 saturated heterocycles. The van der Waals surface area contributed by atoms with Crippen LogP contribution < -0.4 is 14.2 Å². The number of amides is 1. The second-order valence-corrected chi connectivity index (χ2v) is 7.90. The molecule has 1 amide bonds. The molecule has 1 aliphatic heterocycles. The fraction of sp³-hybridized carbons (Fsp3) is 0.188. The van der Waals surface area contributed by atoms with Crippen molar-refractivity contribution in [3.8, 4) is 11.5 Å². The molecule has 0 fully saturated rings. The first kappa shape index (κ1) is 18.5. The third-order valence-electron chi connectivity index (χ3n) is 3.31. The lowest BCUT2D eigenvalue weighted by Crippen LogP contribution is -2.32. The Kier molecular flexibility index (Phi) is 5.33. The molecular formula is C16H13F2NO5S2. The first-order valence-corrected chi connectivity index (χ1v) is 9.85. The van der Waals surface area contributed by atoms with E-state index in [0.717, 1.165) is 17.8 Å². The molecule has 0 aliphatic carbocycles. The van der Waals surface area contributed by atoms with E-state index in [9.17, 15) is 22.0 Å². The van der Waals surface area contributed by atoms with Crippen molar-refractivity contribution >= 4 is 27.7 Å². The average Bonchev–Trinajstić information content (AvgIpc) is 2.61. The van der Waals surface area contributed by atoms with Crippen LogP contribution in [0.5, 0.6) is 11.5 Å². The molecule has 10 heteroatoms. The number of hydrogen-bond donors (Lipinski definition) is 1. The molecule has 0 saturated carbocycles. The van der Waals surface area contributed by atoms with Crippen LogP contribution in [0.1, 0.15) is 0 Å². The van der Waals surface area contributed by atoms with Gasteiger partial charge in [-0.2, -0.15) is 0 Å². The summed E-state index contributed by atoms with van der Waals surface area (Å²) in [6.07, 6.45) is 0. The molecule has 3 rings (SSSR count). The molecule has 2 aromatic carbocycles. The molecule has 1 aliphatic rings. The molecule has 0 spiro atoms. The van der Waals surface area contributed by atoms with E-state index in [1.807, 2.05) is 0 Å². The number of fused-ring (bicyclic) bond motifs is 1. The van der Waals surface area contributed by atoms with E-state index in [2.05, 4.69) is 0 Å². The first-order chi connectivity index (χ1) is 12.3. The minimum Gasteiger partial charge on any atom is -0.486 e. The monoisotopic (exact) mass is 401 g/mol. The van der Waals surface area contributed by atoms with Crippen molar-refractivity contribution in [1.82, 2.24) is 4.72 Å². The number of ether oxygens (including phenoxy) is 2. The van der Waals surface area contributed by atoms with Crippen molar-refractivity contribution in [2.75, 3.05) is 19.0 Å². The number of carbonyl (C=O) groups excluding carboxylic acids is 1. The van der Waals surface area contributed by atoms with E-state index >= 15 is 0 Å². The van der Waals surface area contributed by atoms with E-state index in [1.54, 1.807) is 22.9 Å². The summed E-state index contributed by atoms with van der Waals surface area (Å²) in [6, 6.07) is 7.04. The molecule has 2 aromatic rings. The lowest BCUT2D eigenvalue weighted by atomic mass is 10.3. The van der Waals surface area contributed by atoms with Crippen LogP contribution in [0, 0.1) is 11.6 Å². The summed E-state index contributed by atoms with van der Waals surface area (Å²) in [5, 5.41) is 0. The van der Waals surface area contributed by atoms with Crippen molar-refractivity contribution in [1.29, 1.82) is 0 Å². The highest BCUT2D eigenvalue weighted by Crippen LogP contribution is 2.34. The standard InChI is InChI=1S/C16H13F2NO5S2/c17-10-1-3-12(18)15(7-10)26(21,22)19-16(20)9-25-11-2-4-13-14(8-11)24-6-5-23-13/h1-4,7-8H,5-6,9H2,(H,19,20). The maximum atomic E-state index is 13.6. The molecule has 0 bridgehead atoms. The van der Waals surface area contributed by atoms with Crippen molar-refractivity contribution in [3.63, 3.8) is 0 Å². The normalized spacial score (nSPS) is 13.3. The second-order valence-electron chi connectivity index (χ2n) is 5.20. The predicted octanol–water partition coefficient (Wildman–Crippen LogP) is 2.33. The van der Waals surface area contributed by atoms with Gasteiger partial charge in [0.1, 0.15) is 29.7 Å². The minimum atomic E-state index is -4.50. The summed E-state index contributed by atoms with van der Waals surface area (Å²) < 4.78 is 63.3. The van der Waals surface area contributed by atoms with Gasteiger partial charge in [-0.3, -0.25) is 4.79 Å². The molecule has 1 heterocycles. The van der Waals surface area contributed by atoms with Gasteiger partial charge in [-0.05, 0) is 36.4 Å². The van der Waals surface area contributed by atoms with Gasteiger partial charge in [-0.15, -0.1) is 11.8 Å². The summed E-state index contributed by atoms with van der Waals surface area (Å²) >= 11 is 1.06. The Labute approximate surface area is 152 Å². The largest absolute Gasteiger partial charge is 0.486 e. The summed E-state index contributed by atoms with van der Waals surface area (Å²) in [7, 11) is -4.50. The van der Waals surface area contributed by atoms with E-state index < -0.39 is 32.5 Å². The lowest BCUT2D eigenvalue weighted by Gasteiger charge is -2.18. The van der Waals surface area contributed by atoms with Crippen molar-refractivity contribution in [3.05, 3.63) is 48.0 Å². The molecule has 0 unspecified atom stereocenters. The fourth-order valence-corrected chi connectivity index (χ4v) is 4.07. The van der Waals surface area contributed by atoms with Gasteiger partial charge in [-0.1, -0.05) is 0 Å². The molecule has 6 nitrogen and oxygen atoms in total. The number of carbonyl (C=O) groups is 1. The number of halogens is 2. The molecule has 1 N–H and O–H groups in total. The van der Waals surface area contributed by atoms with E-state index in [-0.39, 0.29) is 5.75 Å². The summed E-state index contributed by atoms with van der Waals surface area (Å²) in [5.41, 5.74) is 0. The van der Waals surface area contributed by atoms with Gasteiger partial charge in [0.2, 0.25) is 5.91 Å². The summed E-state index contributed by atoms with van der Waals surface area (Å²) in [4.78, 5) is 11.7. The smallest absolute Gasteiger partial charge is 0.267 e. The maximum Gasteiger partial charge on any atom is 0.267 e. The maximum absolute atomic E-state index is 13.6. The van der Waals surface area contributed by atoms with Crippen molar-refractivity contribution in [2.24, 2.45) is 0 Å². The SMILES string of the molecule is O=C(CSc1ccc2c(c1)OCCO2)NS(=O)(=O)c1cc(F)ccc1F.